The molecule has 4 rings (SSSR count). The average Bonchev–Trinajstić information content (AvgIpc) is 3.30. The van der Waals surface area contributed by atoms with Crippen LogP contribution in [0.15, 0.2) is 53.0 Å². The molecule has 0 radical (unpaired) electrons. The monoisotopic (exact) mass is 589 g/mol. The number of rotatable bonds is 8. The first-order chi connectivity index (χ1) is 20.6. The first kappa shape index (κ1) is 31.9. The Labute approximate surface area is 246 Å². The van der Waals surface area contributed by atoms with E-state index in [0.29, 0.717) is 91.8 Å². The minimum atomic E-state index is -0.696. The molecule has 2 atom stereocenters. The van der Waals surface area contributed by atoms with Crippen molar-refractivity contribution in [1.29, 1.82) is 0 Å². The summed E-state index contributed by atoms with van der Waals surface area (Å²) in [5, 5.41) is 9.15. The van der Waals surface area contributed by atoms with E-state index in [1.807, 2.05) is 42.1 Å². The number of aromatic nitrogens is 2. The van der Waals surface area contributed by atoms with Crippen LogP contribution < -0.4 is 5.56 Å². The average molecular weight is 590 g/mol. The van der Waals surface area contributed by atoms with Crippen molar-refractivity contribution in [3.8, 4) is 5.69 Å². The Hall–Kier alpha value is -3.00. The van der Waals surface area contributed by atoms with E-state index in [0.717, 1.165) is 11.4 Å². The van der Waals surface area contributed by atoms with E-state index < -0.39 is 6.29 Å². The molecule has 2 aliphatic heterocycles. The SMILES string of the molecule is Cn1c([C@H]2C=C(C(=O)N3CCOCCOCCOCCOCC3)O[C@@H](OCCCCO)C2)cc(=O)n1-c1ccccc1. The summed E-state index contributed by atoms with van der Waals surface area (Å²) in [5.74, 6) is -0.462. The third kappa shape index (κ3) is 9.25. The number of carbonyl (C=O) groups excluding carboxylic acids is 1. The van der Waals surface area contributed by atoms with Crippen molar-refractivity contribution >= 4 is 5.91 Å². The number of ether oxygens (including phenoxy) is 6. The van der Waals surface area contributed by atoms with Gasteiger partial charge in [0.25, 0.3) is 11.5 Å². The van der Waals surface area contributed by atoms with Crippen LogP contribution in [0, 0.1) is 0 Å². The second-order valence-corrected chi connectivity index (χ2v) is 10.0. The van der Waals surface area contributed by atoms with Crippen molar-refractivity contribution < 1.29 is 38.3 Å². The maximum absolute atomic E-state index is 13.8. The van der Waals surface area contributed by atoms with E-state index in [4.69, 9.17) is 33.5 Å². The van der Waals surface area contributed by atoms with Gasteiger partial charge in [-0.3, -0.25) is 14.3 Å². The van der Waals surface area contributed by atoms with Crippen LogP contribution in [0.4, 0.5) is 0 Å². The normalized spacial score (nSPS) is 21.6. The smallest absolute Gasteiger partial charge is 0.288 e. The third-order valence-electron chi connectivity index (χ3n) is 7.07. The minimum absolute atomic E-state index is 0.0770. The number of hydrogen-bond donors (Lipinski definition) is 1. The third-order valence-corrected chi connectivity index (χ3v) is 7.07. The van der Waals surface area contributed by atoms with Crippen molar-refractivity contribution in [2.75, 3.05) is 79.2 Å². The molecule has 0 spiro atoms. The number of benzene rings is 1. The molecule has 42 heavy (non-hydrogen) atoms. The quantitative estimate of drug-likeness (QED) is 0.458. The maximum Gasteiger partial charge on any atom is 0.288 e. The molecule has 1 saturated heterocycles. The standard InChI is InChI=1S/C30H43N3O9/c1-31-26(23-28(35)33(31)25-7-3-2-4-8-25)24-21-27(42-29(22-24)41-12-6-5-11-34)30(36)32-9-13-37-15-17-39-19-20-40-18-16-38-14-10-32/h2-4,7-8,21,23-24,29,34H,5-6,9-20,22H2,1H3/t24-,29+/m0/s1. The highest BCUT2D eigenvalue weighted by molar-refractivity contribution is 5.91. The Morgan fingerprint density at radius 2 is 1.55 bits per heavy atom. The van der Waals surface area contributed by atoms with Crippen LogP contribution in [0.5, 0.6) is 0 Å². The number of hydrogen-bond acceptors (Lipinski definition) is 9. The van der Waals surface area contributed by atoms with E-state index in [1.54, 1.807) is 21.7 Å². The molecule has 0 aliphatic carbocycles. The molecule has 12 nitrogen and oxygen atoms in total. The van der Waals surface area contributed by atoms with Crippen molar-refractivity contribution in [3.05, 3.63) is 64.3 Å². The summed E-state index contributed by atoms with van der Waals surface area (Å²) >= 11 is 0. The van der Waals surface area contributed by atoms with Crippen molar-refractivity contribution in [2.24, 2.45) is 7.05 Å². The first-order valence-electron chi connectivity index (χ1n) is 14.6. The van der Waals surface area contributed by atoms with E-state index in [1.165, 1.54) is 0 Å². The highest BCUT2D eigenvalue weighted by atomic mass is 16.7. The molecule has 3 heterocycles. The fourth-order valence-corrected chi connectivity index (χ4v) is 4.89. The van der Waals surface area contributed by atoms with Crippen LogP contribution >= 0.6 is 0 Å². The molecule has 1 aromatic carbocycles. The van der Waals surface area contributed by atoms with Crippen LogP contribution in [0.2, 0.25) is 0 Å². The van der Waals surface area contributed by atoms with Gasteiger partial charge in [0, 0.05) is 50.8 Å². The molecule has 12 heteroatoms. The predicted octanol–water partition coefficient (Wildman–Crippen LogP) is 1.59. The molecule has 1 N–H and O–H groups in total. The van der Waals surface area contributed by atoms with E-state index in [9.17, 15) is 9.59 Å². The van der Waals surface area contributed by atoms with Gasteiger partial charge in [0.2, 0.25) is 6.29 Å². The highest BCUT2D eigenvalue weighted by Gasteiger charge is 2.33. The topological polar surface area (TPSA) is 123 Å². The van der Waals surface area contributed by atoms with Gasteiger partial charge in [0.15, 0.2) is 5.76 Å². The Bertz CT molecular complexity index is 1160. The highest BCUT2D eigenvalue weighted by Crippen LogP contribution is 2.32. The molecule has 1 amide bonds. The molecule has 0 saturated carbocycles. The van der Waals surface area contributed by atoms with Gasteiger partial charge in [-0.2, -0.15) is 0 Å². The fourth-order valence-electron chi connectivity index (χ4n) is 4.89. The second-order valence-electron chi connectivity index (χ2n) is 10.0. The number of nitrogens with zero attached hydrogens (tertiary/aromatic N) is 3. The van der Waals surface area contributed by atoms with Crippen molar-refractivity contribution in [1.82, 2.24) is 14.3 Å². The van der Waals surface area contributed by atoms with Gasteiger partial charge in [0.1, 0.15) is 0 Å². The Kier molecular flexibility index (Phi) is 13.1. The van der Waals surface area contributed by atoms with Crippen molar-refractivity contribution in [2.45, 2.75) is 31.5 Å². The Balaban J connectivity index is 1.55. The summed E-state index contributed by atoms with van der Waals surface area (Å²) < 4.78 is 37.9. The van der Waals surface area contributed by atoms with Gasteiger partial charge in [-0.25, -0.2) is 4.68 Å². The number of aliphatic hydroxyl groups is 1. The van der Waals surface area contributed by atoms with Gasteiger partial charge in [-0.05, 0) is 31.1 Å². The van der Waals surface area contributed by atoms with Crippen LogP contribution in [-0.4, -0.2) is 111 Å². The summed E-state index contributed by atoms with van der Waals surface area (Å²) in [6.45, 7) is 4.49. The summed E-state index contributed by atoms with van der Waals surface area (Å²) in [5.41, 5.74) is 1.32. The van der Waals surface area contributed by atoms with E-state index in [-0.39, 0.29) is 29.8 Å². The molecule has 232 valence electrons. The first-order valence-corrected chi connectivity index (χ1v) is 14.6. The van der Waals surface area contributed by atoms with Crippen LogP contribution in [0.1, 0.15) is 30.9 Å². The van der Waals surface area contributed by atoms with Gasteiger partial charge in [-0.15, -0.1) is 0 Å². The zero-order valence-corrected chi connectivity index (χ0v) is 24.4. The lowest BCUT2D eigenvalue weighted by Crippen LogP contribution is -2.40. The molecule has 2 aliphatic rings. The summed E-state index contributed by atoms with van der Waals surface area (Å²) in [4.78, 5) is 28.5. The van der Waals surface area contributed by atoms with Crippen molar-refractivity contribution in [3.63, 3.8) is 0 Å². The zero-order valence-electron chi connectivity index (χ0n) is 24.4. The van der Waals surface area contributed by atoms with Crippen LogP contribution in [0.25, 0.3) is 5.69 Å². The molecule has 0 unspecified atom stereocenters. The largest absolute Gasteiger partial charge is 0.459 e. The van der Waals surface area contributed by atoms with Crippen LogP contribution in [-0.2, 0) is 40.3 Å². The summed E-state index contributed by atoms with van der Waals surface area (Å²) in [7, 11) is 1.83. The number of amides is 1. The second kappa shape index (κ2) is 17.2. The van der Waals surface area contributed by atoms with Crippen LogP contribution in [0.3, 0.4) is 0 Å². The molecule has 1 aromatic heterocycles. The van der Waals surface area contributed by atoms with E-state index >= 15 is 0 Å². The Morgan fingerprint density at radius 1 is 0.929 bits per heavy atom. The molecular formula is C30H43N3O9. The lowest BCUT2D eigenvalue weighted by molar-refractivity contribution is -0.154. The Morgan fingerprint density at radius 3 is 2.17 bits per heavy atom. The minimum Gasteiger partial charge on any atom is -0.459 e. The number of unbranched alkanes of at least 4 members (excludes halogenated alkanes) is 1. The lowest BCUT2D eigenvalue weighted by atomic mass is 9.97. The van der Waals surface area contributed by atoms with E-state index in [2.05, 4.69) is 0 Å². The molecule has 1 fully saturated rings. The maximum atomic E-state index is 13.8. The zero-order chi connectivity index (χ0) is 29.6. The molecule has 2 aromatic rings. The van der Waals surface area contributed by atoms with Gasteiger partial charge >= 0.3 is 0 Å². The van der Waals surface area contributed by atoms with Gasteiger partial charge in [-0.1, -0.05) is 18.2 Å². The molecule has 0 bridgehead atoms. The summed E-state index contributed by atoms with van der Waals surface area (Å²) in [6.07, 6.45) is 2.77. The number of para-hydroxylation sites is 1. The summed E-state index contributed by atoms with van der Waals surface area (Å²) in [6, 6.07) is 11.0. The van der Waals surface area contributed by atoms with Gasteiger partial charge in [0.05, 0.1) is 65.1 Å². The lowest BCUT2D eigenvalue weighted by Gasteiger charge is -2.32. The number of carbonyl (C=O) groups is 1. The molecular weight excluding hydrogens is 546 g/mol. The number of allylic oxidation sites excluding steroid dienone is 1. The fraction of sp³-hybridized carbons (Fsp3) is 0.600. The predicted molar refractivity (Wildman–Crippen MR) is 153 cm³/mol. The van der Waals surface area contributed by atoms with Gasteiger partial charge < -0.3 is 38.4 Å². The number of aliphatic hydroxyl groups excluding tert-OH is 1.